The van der Waals surface area contributed by atoms with E-state index < -0.39 is 0 Å². The average molecular weight is 477 g/mol. The van der Waals surface area contributed by atoms with Crippen molar-refractivity contribution in [3.63, 3.8) is 0 Å². The molecule has 0 heterocycles. The van der Waals surface area contributed by atoms with Gasteiger partial charge in [-0.05, 0) is 89.7 Å². The van der Waals surface area contributed by atoms with E-state index in [1.807, 2.05) is 12.1 Å². The number of anilines is 1. The molecule has 34 heavy (non-hydrogen) atoms. The van der Waals surface area contributed by atoms with Gasteiger partial charge in [0.2, 0.25) is 0 Å². The van der Waals surface area contributed by atoms with Crippen molar-refractivity contribution >= 4 is 28.4 Å². The number of hydrogen-bond donors (Lipinski definition) is 1. The van der Waals surface area contributed by atoms with Crippen LogP contribution in [0.3, 0.4) is 0 Å². The number of fused-ring (bicyclic) bond motifs is 1. The fourth-order valence-electron chi connectivity index (χ4n) is 5.23. The van der Waals surface area contributed by atoms with E-state index in [2.05, 4.69) is 67.9 Å². The molecule has 3 heteroatoms. The molecule has 0 amide bonds. The third-order valence-electron chi connectivity index (χ3n) is 7.49. The van der Waals surface area contributed by atoms with E-state index in [9.17, 15) is 0 Å². The molecule has 4 rings (SSSR count). The minimum atomic E-state index is 0.353. The van der Waals surface area contributed by atoms with Gasteiger partial charge < -0.3 is 5.32 Å². The summed E-state index contributed by atoms with van der Waals surface area (Å²) in [7, 11) is 0. The highest BCUT2D eigenvalue weighted by atomic mass is 35.5. The zero-order chi connectivity index (χ0) is 24.1. The predicted octanol–water partition coefficient (Wildman–Crippen LogP) is 8.67. The Morgan fingerprint density at radius 3 is 2.53 bits per heavy atom. The van der Waals surface area contributed by atoms with Crippen LogP contribution in [0.25, 0.3) is 11.1 Å². The van der Waals surface area contributed by atoms with E-state index in [0.717, 1.165) is 31.1 Å². The van der Waals surface area contributed by atoms with Crippen LogP contribution >= 0.6 is 11.6 Å². The summed E-state index contributed by atoms with van der Waals surface area (Å²) < 4.78 is 0. The summed E-state index contributed by atoms with van der Waals surface area (Å²) in [6.07, 6.45) is 8.82. The third kappa shape index (κ3) is 6.55. The van der Waals surface area contributed by atoms with Crippen molar-refractivity contribution in [1.29, 1.82) is 0 Å². The molecule has 0 bridgehead atoms. The van der Waals surface area contributed by atoms with E-state index >= 15 is 0 Å². The molecule has 2 aromatic rings. The Labute approximate surface area is 212 Å². The summed E-state index contributed by atoms with van der Waals surface area (Å²) in [4.78, 5) is 2.68. The Morgan fingerprint density at radius 1 is 1.00 bits per heavy atom. The van der Waals surface area contributed by atoms with E-state index in [1.165, 1.54) is 73.0 Å². The second kappa shape index (κ2) is 11.1. The summed E-state index contributed by atoms with van der Waals surface area (Å²) in [5.41, 5.74) is 9.93. The van der Waals surface area contributed by atoms with Crippen molar-refractivity contribution in [2.24, 2.45) is 5.41 Å². The van der Waals surface area contributed by atoms with Crippen LogP contribution in [0.5, 0.6) is 0 Å². The number of rotatable bonds is 12. The van der Waals surface area contributed by atoms with Gasteiger partial charge in [0.25, 0.3) is 0 Å². The number of halogens is 1. The summed E-state index contributed by atoms with van der Waals surface area (Å²) in [5, 5.41) is 4.47. The maximum atomic E-state index is 6.20. The molecule has 1 N–H and O–H groups in total. The van der Waals surface area contributed by atoms with Crippen molar-refractivity contribution in [3.8, 4) is 0 Å². The van der Waals surface area contributed by atoms with Crippen molar-refractivity contribution < 1.29 is 0 Å². The Kier molecular flexibility index (Phi) is 8.22. The molecular formula is C31H41ClN2. The summed E-state index contributed by atoms with van der Waals surface area (Å²) >= 11 is 6.20. The van der Waals surface area contributed by atoms with Crippen molar-refractivity contribution in [2.75, 3.05) is 31.5 Å². The molecule has 0 spiro atoms. The Hall–Kier alpha value is -2.03. The molecule has 0 aliphatic heterocycles. The highest BCUT2D eigenvalue weighted by Crippen LogP contribution is 2.43. The Balaban J connectivity index is 1.45. The lowest BCUT2D eigenvalue weighted by atomic mass is 9.72. The first kappa shape index (κ1) is 25.1. The van der Waals surface area contributed by atoms with Crippen LogP contribution in [0.1, 0.15) is 82.4 Å². The lowest BCUT2D eigenvalue weighted by Gasteiger charge is -2.36. The van der Waals surface area contributed by atoms with Gasteiger partial charge in [0.15, 0.2) is 0 Å². The molecule has 0 atom stereocenters. The fourth-order valence-corrected chi connectivity index (χ4v) is 5.35. The second-order valence-electron chi connectivity index (χ2n) is 10.9. The van der Waals surface area contributed by atoms with Gasteiger partial charge >= 0.3 is 0 Å². The normalized spacial score (nSPS) is 16.7. The number of benzene rings is 2. The van der Waals surface area contributed by atoms with Crippen LogP contribution in [0.15, 0.2) is 54.6 Å². The molecule has 0 saturated heterocycles. The van der Waals surface area contributed by atoms with Crippen LogP contribution < -0.4 is 5.32 Å². The standard InChI is InChI=1S/C31H41ClN2/c1-5-6-7-8-18-34(19-17-33-27-13-14-28-23(2)29(28)20-27)22-25-15-16-31(3,4)21-30(25)24-9-11-26(32)12-10-24/h9-14,20,33H,2,5-8,15-19,21-22H2,1,3-4H3. The average Bonchev–Trinajstić information content (AvgIpc) is 3.46. The van der Waals surface area contributed by atoms with Crippen LogP contribution in [0.2, 0.25) is 5.02 Å². The number of allylic oxidation sites excluding steroid dienone is 1. The highest BCUT2D eigenvalue weighted by Gasteiger charge is 2.28. The molecule has 0 radical (unpaired) electrons. The number of nitrogens with one attached hydrogen (secondary N) is 1. The SMILES string of the molecule is C=C1c2ccc(NCCN(CCCCCC)CC3=C(c4ccc(Cl)cc4)CC(C)(C)CC3)cc21. The molecule has 2 nitrogen and oxygen atoms in total. The first-order valence-electron chi connectivity index (χ1n) is 13.1. The van der Waals surface area contributed by atoms with Gasteiger partial charge in [0, 0.05) is 30.3 Å². The number of unbranched alkanes of at least 4 members (excludes halogenated alkanes) is 3. The first-order valence-corrected chi connectivity index (χ1v) is 13.5. The van der Waals surface area contributed by atoms with Gasteiger partial charge in [-0.1, -0.05) is 82.0 Å². The minimum absolute atomic E-state index is 0.353. The molecule has 182 valence electrons. The lowest BCUT2D eigenvalue weighted by Crippen LogP contribution is -2.33. The van der Waals surface area contributed by atoms with Crippen molar-refractivity contribution in [3.05, 3.63) is 76.3 Å². The van der Waals surface area contributed by atoms with E-state index in [0.29, 0.717) is 5.41 Å². The molecular weight excluding hydrogens is 436 g/mol. The molecule has 0 fully saturated rings. The maximum Gasteiger partial charge on any atom is 0.0406 e. The molecule has 2 aliphatic carbocycles. The smallest absolute Gasteiger partial charge is 0.0406 e. The van der Waals surface area contributed by atoms with Gasteiger partial charge in [0.1, 0.15) is 0 Å². The van der Waals surface area contributed by atoms with E-state index in [-0.39, 0.29) is 0 Å². The van der Waals surface area contributed by atoms with Gasteiger partial charge in [-0.2, -0.15) is 0 Å². The molecule has 2 aromatic carbocycles. The monoisotopic (exact) mass is 476 g/mol. The largest absolute Gasteiger partial charge is 0.384 e. The van der Waals surface area contributed by atoms with Crippen LogP contribution in [0, 0.1) is 5.41 Å². The Morgan fingerprint density at radius 2 is 1.79 bits per heavy atom. The van der Waals surface area contributed by atoms with E-state index in [4.69, 9.17) is 11.6 Å². The topological polar surface area (TPSA) is 15.3 Å². The first-order chi connectivity index (χ1) is 16.4. The fraction of sp³-hybridized carbons (Fsp3) is 0.484. The maximum absolute atomic E-state index is 6.20. The van der Waals surface area contributed by atoms with Gasteiger partial charge in [-0.3, -0.25) is 4.90 Å². The van der Waals surface area contributed by atoms with Gasteiger partial charge in [0.05, 0.1) is 0 Å². The zero-order valence-electron chi connectivity index (χ0n) is 21.4. The highest BCUT2D eigenvalue weighted by molar-refractivity contribution is 6.30. The Bertz CT molecular complexity index is 1030. The number of nitrogens with zero attached hydrogens (tertiary/aromatic N) is 1. The third-order valence-corrected chi connectivity index (χ3v) is 7.74. The molecule has 0 aromatic heterocycles. The van der Waals surface area contributed by atoms with Crippen molar-refractivity contribution in [2.45, 2.75) is 65.7 Å². The molecule has 2 aliphatic rings. The van der Waals surface area contributed by atoms with Gasteiger partial charge in [-0.15, -0.1) is 0 Å². The summed E-state index contributed by atoms with van der Waals surface area (Å²) in [5.74, 6) is 0. The summed E-state index contributed by atoms with van der Waals surface area (Å²) in [6.45, 7) is 15.5. The molecule has 0 unspecified atom stereocenters. The second-order valence-corrected chi connectivity index (χ2v) is 11.4. The van der Waals surface area contributed by atoms with E-state index in [1.54, 1.807) is 11.1 Å². The molecule has 0 saturated carbocycles. The van der Waals surface area contributed by atoms with Crippen LogP contribution in [-0.2, 0) is 0 Å². The minimum Gasteiger partial charge on any atom is -0.384 e. The quantitative estimate of drug-likeness (QED) is 0.263. The van der Waals surface area contributed by atoms with Gasteiger partial charge in [-0.25, -0.2) is 0 Å². The lowest BCUT2D eigenvalue weighted by molar-refractivity contribution is 0.279. The van der Waals surface area contributed by atoms with Crippen molar-refractivity contribution in [1.82, 2.24) is 4.90 Å². The van der Waals surface area contributed by atoms with Crippen LogP contribution in [-0.4, -0.2) is 31.1 Å². The van der Waals surface area contributed by atoms with Crippen LogP contribution in [0.4, 0.5) is 5.69 Å². The summed E-state index contributed by atoms with van der Waals surface area (Å²) in [6, 6.07) is 15.1. The number of hydrogen-bond acceptors (Lipinski definition) is 2. The predicted molar refractivity (Wildman–Crippen MR) is 150 cm³/mol. The zero-order valence-corrected chi connectivity index (χ0v) is 22.1.